The van der Waals surface area contributed by atoms with Gasteiger partial charge in [-0.1, -0.05) is 11.6 Å². The van der Waals surface area contributed by atoms with Crippen molar-refractivity contribution in [2.75, 3.05) is 16.8 Å². The lowest BCUT2D eigenvalue weighted by atomic mass is 10.1. The molecule has 1 heterocycles. The highest BCUT2D eigenvalue weighted by Crippen LogP contribution is 2.34. The zero-order chi connectivity index (χ0) is 18.8. The second-order valence-electron chi connectivity index (χ2n) is 5.73. The molecule has 2 aromatic carbocycles. The van der Waals surface area contributed by atoms with E-state index in [1.165, 1.54) is 23.1 Å². The van der Waals surface area contributed by atoms with E-state index in [0.717, 1.165) is 0 Å². The maximum atomic E-state index is 12.5. The molecule has 7 nitrogen and oxygen atoms in total. The smallest absolute Gasteiger partial charge is 0.335 e. The van der Waals surface area contributed by atoms with Gasteiger partial charge in [-0.05, 0) is 49.4 Å². The van der Waals surface area contributed by atoms with Gasteiger partial charge in [0, 0.05) is 10.7 Å². The van der Waals surface area contributed by atoms with Gasteiger partial charge < -0.3 is 15.2 Å². The lowest BCUT2D eigenvalue weighted by Gasteiger charge is -2.32. The number of rotatable bonds is 4. The van der Waals surface area contributed by atoms with Crippen molar-refractivity contribution in [2.45, 2.75) is 13.0 Å². The van der Waals surface area contributed by atoms with Crippen molar-refractivity contribution < 1.29 is 24.2 Å². The molecule has 0 saturated heterocycles. The zero-order valence-electron chi connectivity index (χ0n) is 13.7. The van der Waals surface area contributed by atoms with Gasteiger partial charge in [0.2, 0.25) is 5.91 Å². The topological polar surface area (TPSA) is 95.9 Å². The van der Waals surface area contributed by atoms with Gasteiger partial charge in [0.15, 0.2) is 6.10 Å². The third-order valence-electron chi connectivity index (χ3n) is 3.84. The number of benzene rings is 2. The first-order valence-electron chi connectivity index (χ1n) is 7.76. The van der Waals surface area contributed by atoms with Gasteiger partial charge in [-0.15, -0.1) is 0 Å². The minimum atomic E-state index is -1.13. The summed E-state index contributed by atoms with van der Waals surface area (Å²) in [6.45, 7) is 1.30. The summed E-state index contributed by atoms with van der Waals surface area (Å²) in [6, 6.07) is 10.7. The molecule has 0 bridgehead atoms. The van der Waals surface area contributed by atoms with Crippen LogP contribution in [0.3, 0.4) is 0 Å². The molecule has 1 unspecified atom stereocenters. The van der Waals surface area contributed by atoms with Crippen LogP contribution in [-0.4, -0.2) is 35.5 Å². The fourth-order valence-electron chi connectivity index (χ4n) is 2.58. The van der Waals surface area contributed by atoms with E-state index in [9.17, 15) is 14.4 Å². The normalized spacial score (nSPS) is 15.8. The van der Waals surface area contributed by atoms with E-state index < -0.39 is 23.9 Å². The van der Waals surface area contributed by atoms with Crippen molar-refractivity contribution in [1.82, 2.24) is 0 Å². The number of carbonyl (C=O) groups excluding carboxylic acids is 2. The summed E-state index contributed by atoms with van der Waals surface area (Å²) in [4.78, 5) is 37.2. The van der Waals surface area contributed by atoms with Gasteiger partial charge in [0.25, 0.3) is 5.91 Å². The number of nitrogens with zero attached hydrogens (tertiary/aromatic N) is 1. The summed E-state index contributed by atoms with van der Waals surface area (Å²) in [6.07, 6.45) is -0.776. The average molecular weight is 375 g/mol. The molecule has 26 heavy (non-hydrogen) atoms. The fraction of sp³-hybridized carbons (Fsp3) is 0.167. The molecule has 8 heteroatoms. The Morgan fingerprint density at radius 1 is 1.23 bits per heavy atom. The Kier molecular flexibility index (Phi) is 4.81. The summed E-state index contributed by atoms with van der Waals surface area (Å²) in [7, 11) is 0. The maximum absolute atomic E-state index is 12.5. The summed E-state index contributed by atoms with van der Waals surface area (Å²) < 4.78 is 5.49. The van der Waals surface area contributed by atoms with E-state index in [1.54, 1.807) is 31.2 Å². The fourth-order valence-corrected chi connectivity index (χ4v) is 2.71. The molecule has 0 radical (unpaired) electrons. The maximum Gasteiger partial charge on any atom is 0.335 e. The highest BCUT2D eigenvalue weighted by molar-refractivity contribution is 6.30. The third kappa shape index (κ3) is 3.62. The van der Waals surface area contributed by atoms with Gasteiger partial charge in [-0.3, -0.25) is 14.5 Å². The van der Waals surface area contributed by atoms with Crippen molar-refractivity contribution in [3.05, 3.63) is 53.1 Å². The second-order valence-corrected chi connectivity index (χ2v) is 6.16. The van der Waals surface area contributed by atoms with Crippen LogP contribution in [0.1, 0.15) is 17.3 Å². The van der Waals surface area contributed by atoms with Crippen LogP contribution in [0.4, 0.5) is 11.4 Å². The summed E-state index contributed by atoms with van der Waals surface area (Å²) in [5.74, 6) is -1.64. The summed E-state index contributed by atoms with van der Waals surface area (Å²) in [5.41, 5.74) is 0.782. The molecular weight excluding hydrogens is 360 g/mol. The number of carboxylic acid groups (broad SMARTS) is 1. The summed E-state index contributed by atoms with van der Waals surface area (Å²) >= 11 is 5.81. The molecule has 1 atom stereocenters. The van der Waals surface area contributed by atoms with Gasteiger partial charge in [0.05, 0.1) is 11.3 Å². The van der Waals surface area contributed by atoms with E-state index in [2.05, 4.69) is 5.32 Å². The van der Waals surface area contributed by atoms with E-state index in [-0.39, 0.29) is 17.8 Å². The highest BCUT2D eigenvalue weighted by Gasteiger charge is 2.33. The van der Waals surface area contributed by atoms with E-state index in [4.69, 9.17) is 21.4 Å². The highest BCUT2D eigenvalue weighted by atomic mass is 35.5. The van der Waals surface area contributed by atoms with Gasteiger partial charge >= 0.3 is 5.97 Å². The molecular formula is C18H15ClN2O5. The molecule has 2 N–H and O–H groups in total. The van der Waals surface area contributed by atoms with Crippen LogP contribution in [0, 0.1) is 0 Å². The molecule has 134 valence electrons. The molecule has 2 aromatic rings. The standard InChI is InChI=1S/C18H15ClN2O5/c1-10-17(23)21(9-16(22)20-13-5-3-12(19)4-6-13)14-8-11(18(24)25)2-7-15(14)26-10/h2-8,10H,9H2,1H3,(H,20,22)(H,24,25). The third-order valence-corrected chi connectivity index (χ3v) is 4.10. The van der Waals surface area contributed by atoms with Crippen molar-refractivity contribution in [3.8, 4) is 5.75 Å². The monoisotopic (exact) mass is 374 g/mol. The zero-order valence-corrected chi connectivity index (χ0v) is 14.5. The number of hydrogen-bond acceptors (Lipinski definition) is 4. The lowest BCUT2D eigenvalue weighted by Crippen LogP contribution is -2.47. The minimum Gasteiger partial charge on any atom is -0.479 e. The number of aromatic carboxylic acids is 1. The van der Waals surface area contributed by atoms with Gasteiger partial charge in [-0.25, -0.2) is 4.79 Å². The molecule has 3 rings (SSSR count). The van der Waals surface area contributed by atoms with E-state index >= 15 is 0 Å². The van der Waals surface area contributed by atoms with E-state index in [1.807, 2.05) is 0 Å². The Hall–Kier alpha value is -3.06. The molecule has 0 spiro atoms. The number of amides is 2. The van der Waals surface area contributed by atoms with Crippen molar-refractivity contribution in [1.29, 1.82) is 0 Å². The number of hydrogen-bond donors (Lipinski definition) is 2. The van der Waals surface area contributed by atoms with Crippen LogP contribution in [0.25, 0.3) is 0 Å². The van der Waals surface area contributed by atoms with Crippen LogP contribution in [0.5, 0.6) is 5.75 Å². The van der Waals surface area contributed by atoms with Crippen LogP contribution in [-0.2, 0) is 9.59 Å². The predicted octanol–water partition coefficient (Wildman–Crippen LogP) is 2.79. The van der Waals surface area contributed by atoms with Crippen LogP contribution >= 0.6 is 11.6 Å². The number of ether oxygens (including phenoxy) is 1. The number of carboxylic acids is 1. The first kappa shape index (κ1) is 17.8. The Bertz CT molecular complexity index is 882. The van der Waals surface area contributed by atoms with Crippen LogP contribution < -0.4 is 15.0 Å². The average Bonchev–Trinajstić information content (AvgIpc) is 2.60. The number of fused-ring (bicyclic) bond motifs is 1. The predicted molar refractivity (Wildman–Crippen MR) is 95.9 cm³/mol. The molecule has 2 amide bonds. The molecule has 0 saturated carbocycles. The Morgan fingerprint density at radius 3 is 2.58 bits per heavy atom. The molecule has 1 aliphatic heterocycles. The second kappa shape index (κ2) is 7.05. The quantitative estimate of drug-likeness (QED) is 0.857. The first-order chi connectivity index (χ1) is 12.3. The van der Waals surface area contributed by atoms with Crippen LogP contribution in [0.15, 0.2) is 42.5 Å². The van der Waals surface area contributed by atoms with E-state index in [0.29, 0.717) is 16.5 Å². The Balaban J connectivity index is 1.85. The van der Waals surface area contributed by atoms with Crippen molar-refractivity contribution >= 4 is 40.8 Å². The minimum absolute atomic E-state index is 0.00203. The van der Waals surface area contributed by atoms with Crippen molar-refractivity contribution in [2.24, 2.45) is 0 Å². The van der Waals surface area contributed by atoms with Crippen LogP contribution in [0.2, 0.25) is 5.02 Å². The lowest BCUT2D eigenvalue weighted by molar-refractivity contribution is -0.127. The first-order valence-corrected chi connectivity index (χ1v) is 8.14. The number of nitrogens with one attached hydrogen (secondary N) is 1. The molecule has 0 aliphatic carbocycles. The molecule has 0 aromatic heterocycles. The Labute approximate surface area is 154 Å². The van der Waals surface area contributed by atoms with Crippen molar-refractivity contribution in [3.63, 3.8) is 0 Å². The van der Waals surface area contributed by atoms with Gasteiger partial charge in [0.1, 0.15) is 12.3 Å². The molecule has 0 fully saturated rings. The molecule has 1 aliphatic rings. The van der Waals surface area contributed by atoms with Gasteiger partial charge in [-0.2, -0.15) is 0 Å². The Morgan fingerprint density at radius 2 is 1.92 bits per heavy atom. The number of carbonyl (C=O) groups is 3. The largest absolute Gasteiger partial charge is 0.479 e. The number of anilines is 2. The number of halogens is 1. The SMILES string of the molecule is CC1Oc2ccc(C(=O)O)cc2N(CC(=O)Nc2ccc(Cl)cc2)C1=O. The summed E-state index contributed by atoms with van der Waals surface area (Å²) in [5, 5.41) is 12.4.